The number of amides is 2. The van der Waals surface area contributed by atoms with Crippen LogP contribution in [0.25, 0.3) is 11.3 Å². The maximum atomic E-state index is 13.5. The first-order valence-corrected chi connectivity index (χ1v) is 11.3. The number of carbonyl (C=O) groups is 2. The molecular formula is C23H27BrN4O3. The zero-order valence-electron chi connectivity index (χ0n) is 17.9. The van der Waals surface area contributed by atoms with E-state index in [1.807, 2.05) is 43.0 Å². The van der Waals surface area contributed by atoms with Gasteiger partial charge in [0.05, 0.1) is 19.0 Å². The summed E-state index contributed by atoms with van der Waals surface area (Å²) in [6.07, 6.45) is 5.69. The van der Waals surface area contributed by atoms with Gasteiger partial charge in [-0.25, -0.2) is 9.78 Å². The minimum absolute atomic E-state index is 0.0767. The highest BCUT2D eigenvalue weighted by atomic mass is 79.9. The molecule has 0 spiro atoms. The van der Waals surface area contributed by atoms with Crippen molar-refractivity contribution in [2.24, 2.45) is 11.8 Å². The third kappa shape index (κ3) is 4.69. The highest BCUT2D eigenvalue weighted by Gasteiger charge is 2.40. The molecule has 164 valence electrons. The van der Waals surface area contributed by atoms with Gasteiger partial charge in [0.2, 0.25) is 5.91 Å². The monoisotopic (exact) mass is 486 g/mol. The molecule has 1 saturated carbocycles. The Kier molecular flexibility index (Phi) is 6.18. The summed E-state index contributed by atoms with van der Waals surface area (Å²) >= 11 is 3.46. The van der Waals surface area contributed by atoms with Gasteiger partial charge in [-0.15, -0.1) is 0 Å². The number of H-pyrrole nitrogens is 1. The van der Waals surface area contributed by atoms with Gasteiger partial charge in [-0.1, -0.05) is 48.0 Å². The molecule has 1 aliphatic heterocycles. The minimum atomic E-state index is -0.664. The Morgan fingerprint density at radius 1 is 1.26 bits per heavy atom. The lowest BCUT2D eigenvalue weighted by atomic mass is 10.0. The first kappa shape index (κ1) is 21.6. The molecule has 0 unspecified atom stereocenters. The summed E-state index contributed by atoms with van der Waals surface area (Å²) in [4.78, 5) is 35.1. The standard InChI is InChI=1S/C23H27BrN4O3/c1-13(2)20(27-23(30)31-3)22(29)28-12-16(14-4-5-14)10-19(28)21-25-11-18(26-21)15-6-8-17(24)9-7-15/h6-11,13-14,19-20H,4-5,12H2,1-3H3,(H,25,26)(H,27,30)/t19-,20-/m0/s1. The molecule has 4 rings (SSSR count). The second kappa shape index (κ2) is 8.86. The number of ether oxygens (including phenoxy) is 1. The molecule has 1 aromatic carbocycles. The predicted molar refractivity (Wildman–Crippen MR) is 121 cm³/mol. The number of methoxy groups -OCH3 is 1. The van der Waals surface area contributed by atoms with E-state index < -0.39 is 12.1 Å². The second-order valence-electron chi connectivity index (χ2n) is 8.47. The van der Waals surface area contributed by atoms with Crippen LogP contribution in [0.4, 0.5) is 4.79 Å². The molecule has 31 heavy (non-hydrogen) atoms. The Labute approximate surface area is 190 Å². The summed E-state index contributed by atoms with van der Waals surface area (Å²) in [5.74, 6) is 1.07. The third-order valence-corrected chi connectivity index (χ3v) is 6.40. The van der Waals surface area contributed by atoms with Crippen molar-refractivity contribution in [3.05, 3.63) is 52.4 Å². The fraction of sp³-hybridized carbons (Fsp3) is 0.435. The van der Waals surface area contributed by atoms with Crippen molar-refractivity contribution in [1.29, 1.82) is 0 Å². The molecule has 1 aromatic heterocycles. The van der Waals surface area contributed by atoms with Crippen LogP contribution in [0.5, 0.6) is 0 Å². The minimum Gasteiger partial charge on any atom is -0.453 e. The van der Waals surface area contributed by atoms with Gasteiger partial charge in [0, 0.05) is 11.0 Å². The molecule has 2 heterocycles. The highest BCUT2D eigenvalue weighted by molar-refractivity contribution is 9.10. The average Bonchev–Trinajstić information content (AvgIpc) is 3.32. The molecule has 0 radical (unpaired) electrons. The zero-order chi connectivity index (χ0) is 22.1. The van der Waals surface area contributed by atoms with Crippen molar-refractivity contribution in [2.75, 3.05) is 13.7 Å². The van der Waals surface area contributed by atoms with E-state index in [1.54, 1.807) is 6.20 Å². The van der Waals surface area contributed by atoms with E-state index in [2.05, 4.69) is 37.3 Å². The molecule has 2 N–H and O–H groups in total. The second-order valence-corrected chi connectivity index (χ2v) is 9.39. The SMILES string of the molecule is COC(=O)N[C@H](C(=O)N1CC(C2CC2)=C[C@H]1c1ncc(-c2ccc(Br)cc2)[nH]1)C(C)C. The van der Waals surface area contributed by atoms with Gasteiger partial charge >= 0.3 is 6.09 Å². The molecule has 2 aromatic rings. The van der Waals surface area contributed by atoms with Crippen LogP contribution in [-0.2, 0) is 9.53 Å². The number of aromatic nitrogens is 2. The van der Waals surface area contributed by atoms with E-state index in [9.17, 15) is 9.59 Å². The first-order chi connectivity index (χ1) is 14.9. The van der Waals surface area contributed by atoms with Crippen LogP contribution in [0.3, 0.4) is 0 Å². The smallest absolute Gasteiger partial charge is 0.407 e. The third-order valence-electron chi connectivity index (χ3n) is 5.87. The van der Waals surface area contributed by atoms with Gasteiger partial charge in [0.15, 0.2) is 0 Å². The number of halogens is 1. The van der Waals surface area contributed by atoms with Crippen molar-refractivity contribution in [3.63, 3.8) is 0 Å². The van der Waals surface area contributed by atoms with Crippen molar-refractivity contribution in [1.82, 2.24) is 20.2 Å². The Morgan fingerprint density at radius 2 is 1.97 bits per heavy atom. The lowest BCUT2D eigenvalue weighted by Gasteiger charge is -2.30. The predicted octanol–water partition coefficient (Wildman–Crippen LogP) is 4.44. The van der Waals surface area contributed by atoms with Crippen LogP contribution >= 0.6 is 15.9 Å². The van der Waals surface area contributed by atoms with Gasteiger partial charge in [-0.2, -0.15) is 0 Å². The number of alkyl carbamates (subject to hydrolysis) is 1. The molecule has 1 aliphatic carbocycles. The summed E-state index contributed by atoms with van der Waals surface area (Å²) in [5.41, 5.74) is 3.20. The number of benzene rings is 1. The first-order valence-electron chi connectivity index (χ1n) is 10.5. The van der Waals surface area contributed by atoms with Crippen LogP contribution in [-0.4, -0.2) is 46.6 Å². The number of imidazole rings is 1. The number of hydrogen-bond donors (Lipinski definition) is 2. The quantitative estimate of drug-likeness (QED) is 0.590. The molecule has 2 aliphatic rings. The number of aromatic amines is 1. The molecule has 0 bridgehead atoms. The molecule has 2 amide bonds. The van der Waals surface area contributed by atoms with E-state index >= 15 is 0 Å². The number of nitrogens with one attached hydrogen (secondary N) is 2. The fourth-order valence-electron chi connectivity index (χ4n) is 3.94. The summed E-state index contributed by atoms with van der Waals surface area (Å²) < 4.78 is 5.74. The molecule has 7 nitrogen and oxygen atoms in total. The normalized spacial score (nSPS) is 19.3. The van der Waals surface area contributed by atoms with E-state index in [1.165, 1.54) is 12.7 Å². The number of carbonyl (C=O) groups excluding carboxylic acids is 2. The zero-order valence-corrected chi connectivity index (χ0v) is 19.5. The van der Waals surface area contributed by atoms with E-state index in [-0.39, 0.29) is 17.9 Å². The number of rotatable bonds is 6. The van der Waals surface area contributed by atoms with Gasteiger partial charge in [0.1, 0.15) is 17.9 Å². The van der Waals surface area contributed by atoms with Crippen LogP contribution < -0.4 is 5.32 Å². The topological polar surface area (TPSA) is 87.3 Å². The van der Waals surface area contributed by atoms with Gasteiger partial charge in [-0.3, -0.25) is 4.79 Å². The largest absolute Gasteiger partial charge is 0.453 e. The maximum absolute atomic E-state index is 13.5. The van der Waals surface area contributed by atoms with Crippen molar-refractivity contribution in [3.8, 4) is 11.3 Å². The average molecular weight is 487 g/mol. The van der Waals surface area contributed by atoms with E-state index in [0.717, 1.165) is 34.4 Å². The van der Waals surface area contributed by atoms with Crippen LogP contribution in [0.15, 0.2) is 46.6 Å². The fourth-order valence-corrected chi connectivity index (χ4v) is 4.21. The summed E-state index contributed by atoms with van der Waals surface area (Å²) in [7, 11) is 1.30. The van der Waals surface area contributed by atoms with Crippen LogP contribution in [0.2, 0.25) is 0 Å². The summed E-state index contributed by atoms with van der Waals surface area (Å²) in [6, 6.07) is 7.05. The van der Waals surface area contributed by atoms with Gasteiger partial charge in [-0.05, 0) is 47.9 Å². The summed E-state index contributed by atoms with van der Waals surface area (Å²) in [6.45, 7) is 4.39. The highest BCUT2D eigenvalue weighted by Crippen LogP contribution is 2.43. The summed E-state index contributed by atoms with van der Waals surface area (Å²) in [5, 5.41) is 2.70. The molecule has 1 fully saturated rings. The molecule has 8 heteroatoms. The van der Waals surface area contributed by atoms with Crippen LogP contribution in [0, 0.1) is 11.8 Å². The Balaban J connectivity index is 1.61. The lowest BCUT2D eigenvalue weighted by Crippen LogP contribution is -2.51. The van der Waals surface area contributed by atoms with Gasteiger partial charge in [0.25, 0.3) is 0 Å². The number of hydrogen-bond acceptors (Lipinski definition) is 4. The maximum Gasteiger partial charge on any atom is 0.407 e. The Morgan fingerprint density at radius 3 is 2.58 bits per heavy atom. The van der Waals surface area contributed by atoms with Crippen molar-refractivity contribution < 1.29 is 14.3 Å². The van der Waals surface area contributed by atoms with Crippen molar-refractivity contribution in [2.45, 2.75) is 38.8 Å². The molecule has 2 atom stereocenters. The molecule has 0 saturated heterocycles. The van der Waals surface area contributed by atoms with Crippen molar-refractivity contribution >= 4 is 27.9 Å². The Hall–Kier alpha value is -2.61. The number of nitrogens with zero attached hydrogens (tertiary/aromatic N) is 2. The lowest BCUT2D eigenvalue weighted by molar-refractivity contribution is -0.135. The van der Waals surface area contributed by atoms with E-state index in [0.29, 0.717) is 12.5 Å². The van der Waals surface area contributed by atoms with Gasteiger partial charge < -0.3 is 19.9 Å². The Bertz CT molecular complexity index is 995. The van der Waals surface area contributed by atoms with E-state index in [4.69, 9.17) is 4.74 Å². The molecular weight excluding hydrogens is 460 g/mol. The van der Waals surface area contributed by atoms with Crippen LogP contribution in [0.1, 0.15) is 38.6 Å².